The number of esters is 1. The normalized spacial score (nSPS) is 13.8. The number of benzene rings is 2. The monoisotopic (exact) mass is 448 g/mol. The van der Waals surface area contributed by atoms with E-state index in [0.717, 1.165) is 18.5 Å². The summed E-state index contributed by atoms with van der Waals surface area (Å²) in [6, 6.07) is 11.7. The molecule has 5 nitrogen and oxygen atoms in total. The molecule has 0 saturated heterocycles. The second kappa shape index (κ2) is 9.38. The molecular weight excluding hydrogens is 419 g/mol. The summed E-state index contributed by atoms with van der Waals surface area (Å²) >= 11 is 0. The second-order valence-electron chi connectivity index (χ2n) is 9.66. The third-order valence-corrected chi connectivity index (χ3v) is 5.53. The highest BCUT2D eigenvalue weighted by Gasteiger charge is 2.30. The van der Waals surface area contributed by atoms with Gasteiger partial charge >= 0.3 is 5.97 Å². The molecule has 1 aromatic heterocycles. The minimum absolute atomic E-state index is 0.134. The molecule has 0 amide bonds. The average molecular weight is 449 g/mol. The number of hydrogen-bond acceptors (Lipinski definition) is 5. The summed E-state index contributed by atoms with van der Waals surface area (Å²) < 4.78 is 19.3. The Morgan fingerprint density at radius 1 is 1.03 bits per heavy atom. The van der Waals surface area contributed by atoms with Gasteiger partial charge in [-0.3, -0.25) is 9.59 Å². The molecule has 1 aliphatic rings. The summed E-state index contributed by atoms with van der Waals surface area (Å²) in [5.74, 6) is -0.266. The van der Waals surface area contributed by atoms with Gasteiger partial charge in [0.05, 0.1) is 22.4 Å². The van der Waals surface area contributed by atoms with Crippen molar-refractivity contribution < 1.29 is 18.7 Å². The fourth-order valence-corrected chi connectivity index (χ4v) is 3.82. The van der Waals surface area contributed by atoms with Crippen LogP contribution in [0.15, 0.2) is 42.5 Å². The van der Waals surface area contributed by atoms with Gasteiger partial charge in [0, 0.05) is 23.5 Å². The van der Waals surface area contributed by atoms with Crippen molar-refractivity contribution in [3.05, 3.63) is 59.5 Å². The SMILES string of the molecule is CC(C)(C)OC(=O)CCCCc1nc2cc(C(=O)C3CC3)ccc2nc1-c1cccc(F)c1. The lowest BCUT2D eigenvalue weighted by Gasteiger charge is -2.19. The number of halogens is 1. The number of ketones is 1. The molecule has 3 aromatic rings. The Labute approximate surface area is 193 Å². The van der Waals surface area contributed by atoms with Crippen molar-refractivity contribution in [1.82, 2.24) is 9.97 Å². The van der Waals surface area contributed by atoms with Gasteiger partial charge in [0.25, 0.3) is 0 Å². The van der Waals surface area contributed by atoms with Gasteiger partial charge in [-0.25, -0.2) is 14.4 Å². The Morgan fingerprint density at radius 2 is 1.82 bits per heavy atom. The van der Waals surface area contributed by atoms with Crippen molar-refractivity contribution >= 4 is 22.8 Å². The van der Waals surface area contributed by atoms with E-state index in [1.54, 1.807) is 12.1 Å². The van der Waals surface area contributed by atoms with E-state index in [9.17, 15) is 14.0 Å². The van der Waals surface area contributed by atoms with Crippen molar-refractivity contribution in [2.45, 2.75) is 64.9 Å². The largest absolute Gasteiger partial charge is 0.460 e. The number of carbonyl (C=O) groups is 2. The minimum Gasteiger partial charge on any atom is -0.460 e. The van der Waals surface area contributed by atoms with E-state index in [0.29, 0.717) is 53.5 Å². The third-order valence-electron chi connectivity index (χ3n) is 5.53. The van der Waals surface area contributed by atoms with Crippen molar-refractivity contribution in [1.29, 1.82) is 0 Å². The van der Waals surface area contributed by atoms with E-state index in [-0.39, 0.29) is 23.5 Å². The first kappa shape index (κ1) is 23.0. The summed E-state index contributed by atoms with van der Waals surface area (Å²) in [5, 5.41) is 0. The van der Waals surface area contributed by atoms with Crippen LogP contribution in [-0.4, -0.2) is 27.3 Å². The van der Waals surface area contributed by atoms with Crippen LogP contribution in [0.3, 0.4) is 0 Å². The Balaban J connectivity index is 1.59. The molecule has 4 rings (SSSR count). The van der Waals surface area contributed by atoms with Gasteiger partial charge in [0.15, 0.2) is 5.78 Å². The molecule has 33 heavy (non-hydrogen) atoms. The number of ether oxygens (including phenoxy) is 1. The molecule has 0 spiro atoms. The van der Waals surface area contributed by atoms with Crippen LogP contribution in [0.1, 0.15) is 68.9 Å². The van der Waals surface area contributed by atoms with E-state index >= 15 is 0 Å². The zero-order valence-electron chi connectivity index (χ0n) is 19.4. The molecule has 1 saturated carbocycles. The van der Waals surface area contributed by atoms with Gasteiger partial charge in [-0.2, -0.15) is 0 Å². The maximum absolute atomic E-state index is 13.9. The van der Waals surface area contributed by atoms with Crippen molar-refractivity contribution in [2.24, 2.45) is 5.92 Å². The van der Waals surface area contributed by atoms with Gasteiger partial charge in [-0.15, -0.1) is 0 Å². The highest BCUT2D eigenvalue weighted by Crippen LogP contribution is 2.33. The number of nitrogens with zero attached hydrogens (tertiary/aromatic N) is 2. The smallest absolute Gasteiger partial charge is 0.306 e. The van der Waals surface area contributed by atoms with E-state index < -0.39 is 5.60 Å². The highest BCUT2D eigenvalue weighted by molar-refractivity contribution is 6.01. The van der Waals surface area contributed by atoms with Crippen LogP contribution in [0.5, 0.6) is 0 Å². The van der Waals surface area contributed by atoms with E-state index in [4.69, 9.17) is 14.7 Å². The maximum Gasteiger partial charge on any atom is 0.306 e. The molecule has 1 aliphatic carbocycles. The van der Waals surface area contributed by atoms with Crippen LogP contribution in [0.4, 0.5) is 4.39 Å². The summed E-state index contributed by atoms with van der Waals surface area (Å²) in [7, 11) is 0. The molecule has 0 bridgehead atoms. The first-order chi connectivity index (χ1) is 15.7. The summed E-state index contributed by atoms with van der Waals surface area (Å²) in [6.45, 7) is 5.55. The summed E-state index contributed by atoms with van der Waals surface area (Å²) in [6.07, 6.45) is 4.17. The number of fused-ring (bicyclic) bond motifs is 1. The highest BCUT2D eigenvalue weighted by atomic mass is 19.1. The van der Waals surface area contributed by atoms with Crippen LogP contribution in [-0.2, 0) is 16.0 Å². The standard InChI is InChI=1S/C27H29FN2O3/c1-27(2,3)33-24(31)10-5-4-9-22-25(18-7-6-8-20(28)15-18)30-21-14-13-19(16-23(21)29-22)26(32)17-11-12-17/h6-8,13-17H,4-5,9-12H2,1-3H3. The van der Waals surface area contributed by atoms with Crippen LogP contribution in [0.25, 0.3) is 22.3 Å². The summed E-state index contributed by atoms with van der Waals surface area (Å²) in [4.78, 5) is 34.1. The Hall–Kier alpha value is -3.15. The van der Waals surface area contributed by atoms with Gasteiger partial charge in [0.2, 0.25) is 0 Å². The topological polar surface area (TPSA) is 69.2 Å². The molecule has 6 heteroatoms. The fraction of sp³-hybridized carbons (Fsp3) is 0.407. The number of rotatable bonds is 8. The van der Waals surface area contributed by atoms with Crippen LogP contribution in [0.2, 0.25) is 0 Å². The van der Waals surface area contributed by atoms with Gasteiger partial charge < -0.3 is 4.74 Å². The molecule has 1 heterocycles. The number of unbranched alkanes of at least 4 members (excludes halogenated alkanes) is 1. The molecule has 0 radical (unpaired) electrons. The Bertz CT molecular complexity index is 1200. The molecule has 172 valence electrons. The van der Waals surface area contributed by atoms with Gasteiger partial charge in [-0.1, -0.05) is 12.1 Å². The van der Waals surface area contributed by atoms with E-state index in [2.05, 4.69) is 0 Å². The lowest BCUT2D eigenvalue weighted by molar-refractivity contribution is -0.154. The number of Topliss-reactive ketones (excluding diaryl/α,β-unsaturated/α-hetero) is 1. The fourth-order valence-electron chi connectivity index (χ4n) is 3.82. The van der Waals surface area contributed by atoms with Gasteiger partial charge in [0.1, 0.15) is 11.4 Å². The number of aryl methyl sites for hydroxylation is 1. The quantitative estimate of drug-likeness (QED) is 0.237. The van der Waals surface area contributed by atoms with Crippen molar-refractivity contribution in [3.63, 3.8) is 0 Å². The molecule has 2 aromatic carbocycles. The van der Waals surface area contributed by atoms with Crippen LogP contribution in [0, 0.1) is 11.7 Å². The van der Waals surface area contributed by atoms with Crippen molar-refractivity contribution in [3.8, 4) is 11.3 Å². The number of carbonyl (C=O) groups excluding carboxylic acids is 2. The first-order valence-electron chi connectivity index (χ1n) is 11.5. The molecule has 1 fully saturated rings. The predicted octanol–water partition coefficient (Wildman–Crippen LogP) is 6.08. The maximum atomic E-state index is 13.9. The van der Waals surface area contributed by atoms with E-state index in [1.807, 2.05) is 39.0 Å². The molecular formula is C27H29FN2O3. The lowest BCUT2D eigenvalue weighted by atomic mass is 10.0. The van der Waals surface area contributed by atoms with Crippen molar-refractivity contribution in [2.75, 3.05) is 0 Å². The zero-order chi connectivity index (χ0) is 23.6. The van der Waals surface area contributed by atoms with Crippen LogP contribution >= 0.6 is 0 Å². The first-order valence-corrected chi connectivity index (χ1v) is 11.5. The Morgan fingerprint density at radius 3 is 2.52 bits per heavy atom. The third kappa shape index (κ3) is 6.01. The van der Waals surface area contributed by atoms with Crippen LogP contribution < -0.4 is 0 Å². The van der Waals surface area contributed by atoms with Gasteiger partial charge in [-0.05, 0) is 83.2 Å². The molecule has 0 N–H and O–H groups in total. The molecule has 0 atom stereocenters. The predicted molar refractivity (Wildman–Crippen MR) is 125 cm³/mol. The number of aromatic nitrogens is 2. The zero-order valence-corrected chi connectivity index (χ0v) is 19.4. The summed E-state index contributed by atoms with van der Waals surface area (Å²) in [5.41, 5.74) is 3.50. The molecule has 0 unspecified atom stereocenters. The number of hydrogen-bond donors (Lipinski definition) is 0. The average Bonchev–Trinajstić information content (AvgIpc) is 3.59. The Kier molecular flexibility index (Phi) is 6.54. The minimum atomic E-state index is -0.499. The second-order valence-corrected chi connectivity index (χ2v) is 9.66. The lowest BCUT2D eigenvalue weighted by Crippen LogP contribution is -2.23. The van der Waals surface area contributed by atoms with E-state index in [1.165, 1.54) is 12.1 Å². The molecule has 0 aliphatic heterocycles.